The van der Waals surface area contributed by atoms with Crippen LogP contribution in [0.2, 0.25) is 5.02 Å². The van der Waals surface area contributed by atoms with E-state index >= 15 is 0 Å². The number of benzene rings is 2. The molecule has 22 heavy (non-hydrogen) atoms. The maximum Gasteiger partial charge on any atom is 0.262 e. The Hall–Kier alpha value is -2.04. The monoisotopic (exact) mass is 319 g/mol. The van der Waals surface area contributed by atoms with Gasteiger partial charge in [-0.1, -0.05) is 23.7 Å². The zero-order valence-corrected chi connectivity index (χ0v) is 13.3. The number of hydrogen-bond acceptors (Lipinski definition) is 3. The Bertz CT molecular complexity index is 658. The Morgan fingerprint density at radius 3 is 2.77 bits per heavy atom. The van der Waals surface area contributed by atoms with Crippen molar-refractivity contribution < 1.29 is 14.3 Å². The van der Waals surface area contributed by atoms with Crippen molar-refractivity contribution in [2.24, 2.45) is 0 Å². The van der Waals surface area contributed by atoms with Crippen LogP contribution in [-0.2, 0) is 16.1 Å². The van der Waals surface area contributed by atoms with Crippen LogP contribution in [0.4, 0.5) is 5.69 Å². The first-order valence-corrected chi connectivity index (χ1v) is 7.23. The number of nitrogens with one attached hydrogen (secondary N) is 1. The van der Waals surface area contributed by atoms with Crippen LogP contribution in [0.1, 0.15) is 11.1 Å². The highest BCUT2D eigenvalue weighted by Crippen LogP contribution is 2.21. The number of aryl methyl sites for hydroxylation is 1. The molecule has 116 valence electrons. The predicted octanol–water partition coefficient (Wildman–Crippen LogP) is 3.81. The zero-order valence-electron chi connectivity index (χ0n) is 12.6. The molecule has 4 nitrogen and oxygen atoms in total. The summed E-state index contributed by atoms with van der Waals surface area (Å²) in [4.78, 5) is 11.9. The number of hydrogen-bond donors (Lipinski definition) is 1. The van der Waals surface area contributed by atoms with Gasteiger partial charge in [0.05, 0.1) is 6.61 Å². The highest BCUT2D eigenvalue weighted by molar-refractivity contribution is 6.31. The summed E-state index contributed by atoms with van der Waals surface area (Å²) in [5.41, 5.74) is 2.62. The van der Waals surface area contributed by atoms with Gasteiger partial charge in [-0.3, -0.25) is 4.79 Å². The first-order valence-electron chi connectivity index (χ1n) is 6.85. The molecule has 0 aromatic heterocycles. The third-order valence-corrected chi connectivity index (χ3v) is 3.45. The molecule has 0 aliphatic heterocycles. The molecule has 1 N–H and O–H groups in total. The summed E-state index contributed by atoms with van der Waals surface area (Å²) in [6.45, 7) is 2.33. The van der Waals surface area contributed by atoms with Gasteiger partial charge in [0, 0.05) is 17.8 Å². The maximum atomic E-state index is 11.9. The SMILES string of the molecule is COCc1cccc(NC(=O)COc2ccc(Cl)c(C)c2)c1. The Morgan fingerprint density at radius 1 is 1.23 bits per heavy atom. The minimum absolute atomic E-state index is 0.0599. The molecule has 5 heteroatoms. The molecule has 0 saturated carbocycles. The van der Waals surface area contributed by atoms with Gasteiger partial charge in [0.15, 0.2) is 6.61 Å². The molecule has 0 radical (unpaired) electrons. The Labute approximate surface area is 135 Å². The molecule has 2 rings (SSSR count). The fourth-order valence-electron chi connectivity index (χ4n) is 1.96. The van der Waals surface area contributed by atoms with E-state index < -0.39 is 0 Å². The second-order valence-corrected chi connectivity index (χ2v) is 5.29. The lowest BCUT2D eigenvalue weighted by Gasteiger charge is -2.09. The van der Waals surface area contributed by atoms with Crippen molar-refractivity contribution in [2.75, 3.05) is 19.0 Å². The second kappa shape index (κ2) is 7.82. The van der Waals surface area contributed by atoms with Crippen LogP contribution < -0.4 is 10.1 Å². The maximum absolute atomic E-state index is 11.9. The van der Waals surface area contributed by atoms with Crippen molar-refractivity contribution >= 4 is 23.2 Å². The number of ether oxygens (including phenoxy) is 2. The van der Waals surface area contributed by atoms with E-state index in [1.165, 1.54) is 0 Å². The van der Waals surface area contributed by atoms with Crippen molar-refractivity contribution in [1.82, 2.24) is 0 Å². The molecule has 2 aromatic rings. The smallest absolute Gasteiger partial charge is 0.262 e. The number of carbonyl (C=O) groups excluding carboxylic acids is 1. The van der Waals surface area contributed by atoms with Gasteiger partial charge in [0.2, 0.25) is 0 Å². The molecule has 1 amide bonds. The molecular formula is C17H18ClNO3. The molecule has 0 heterocycles. The molecule has 0 atom stereocenters. The fraction of sp³-hybridized carbons (Fsp3) is 0.235. The summed E-state index contributed by atoms with van der Waals surface area (Å²) in [5.74, 6) is 0.396. The van der Waals surface area contributed by atoms with Crippen molar-refractivity contribution in [3.63, 3.8) is 0 Å². The average Bonchev–Trinajstić information content (AvgIpc) is 2.49. The van der Waals surface area contributed by atoms with Crippen LogP contribution in [0.15, 0.2) is 42.5 Å². The lowest BCUT2D eigenvalue weighted by Crippen LogP contribution is -2.20. The number of anilines is 1. The predicted molar refractivity (Wildman–Crippen MR) is 87.5 cm³/mol. The van der Waals surface area contributed by atoms with E-state index in [4.69, 9.17) is 21.1 Å². The van der Waals surface area contributed by atoms with E-state index in [1.807, 2.05) is 31.2 Å². The van der Waals surface area contributed by atoms with Crippen LogP contribution in [0.25, 0.3) is 0 Å². The summed E-state index contributed by atoms with van der Waals surface area (Å²) in [5, 5.41) is 3.46. The first kappa shape index (κ1) is 16.3. The molecule has 0 fully saturated rings. The summed E-state index contributed by atoms with van der Waals surface area (Å²) >= 11 is 5.95. The normalized spacial score (nSPS) is 10.3. The van der Waals surface area contributed by atoms with Gasteiger partial charge < -0.3 is 14.8 Å². The summed E-state index contributed by atoms with van der Waals surface area (Å²) < 4.78 is 10.5. The van der Waals surface area contributed by atoms with Gasteiger partial charge in [-0.15, -0.1) is 0 Å². The topological polar surface area (TPSA) is 47.6 Å². The molecule has 2 aromatic carbocycles. The highest BCUT2D eigenvalue weighted by atomic mass is 35.5. The Balaban J connectivity index is 1.90. The number of carbonyl (C=O) groups is 1. The summed E-state index contributed by atoms with van der Waals surface area (Å²) in [6.07, 6.45) is 0. The van der Waals surface area contributed by atoms with Crippen LogP contribution >= 0.6 is 11.6 Å². The van der Waals surface area contributed by atoms with E-state index in [2.05, 4.69) is 5.32 Å². The average molecular weight is 320 g/mol. The first-order chi connectivity index (χ1) is 10.6. The Kier molecular flexibility index (Phi) is 5.81. The second-order valence-electron chi connectivity index (χ2n) is 4.88. The largest absolute Gasteiger partial charge is 0.484 e. The fourth-order valence-corrected chi connectivity index (χ4v) is 2.08. The van der Waals surface area contributed by atoms with E-state index in [0.29, 0.717) is 17.4 Å². The molecule has 0 saturated heterocycles. The lowest BCUT2D eigenvalue weighted by atomic mass is 10.2. The van der Waals surface area contributed by atoms with Crippen LogP contribution in [0.3, 0.4) is 0 Å². The van der Waals surface area contributed by atoms with Gasteiger partial charge in [0.1, 0.15) is 5.75 Å². The van der Waals surface area contributed by atoms with Gasteiger partial charge in [-0.05, 0) is 48.4 Å². The molecule has 0 aliphatic carbocycles. The molecule has 0 aliphatic rings. The summed E-state index contributed by atoms with van der Waals surface area (Å²) in [7, 11) is 1.63. The van der Waals surface area contributed by atoms with Gasteiger partial charge in [0.25, 0.3) is 5.91 Å². The molecule has 0 unspecified atom stereocenters. The van der Waals surface area contributed by atoms with Gasteiger partial charge in [-0.2, -0.15) is 0 Å². The van der Waals surface area contributed by atoms with E-state index in [1.54, 1.807) is 25.3 Å². The number of rotatable bonds is 6. The van der Waals surface area contributed by atoms with E-state index in [0.717, 1.165) is 16.8 Å². The molecule has 0 bridgehead atoms. The van der Waals surface area contributed by atoms with Crippen molar-refractivity contribution in [3.05, 3.63) is 58.6 Å². The number of amides is 1. The quantitative estimate of drug-likeness (QED) is 0.880. The van der Waals surface area contributed by atoms with Crippen molar-refractivity contribution in [2.45, 2.75) is 13.5 Å². The van der Waals surface area contributed by atoms with Gasteiger partial charge in [-0.25, -0.2) is 0 Å². The standard InChI is InChI=1S/C17H18ClNO3/c1-12-8-15(6-7-16(12)18)22-11-17(20)19-14-5-3-4-13(9-14)10-21-2/h3-9H,10-11H2,1-2H3,(H,19,20). The van der Waals surface area contributed by atoms with Crippen LogP contribution in [0, 0.1) is 6.92 Å². The molecular weight excluding hydrogens is 302 g/mol. The lowest BCUT2D eigenvalue weighted by molar-refractivity contribution is -0.118. The third-order valence-electron chi connectivity index (χ3n) is 3.02. The number of halogens is 1. The molecule has 0 spiro atoms. The zero-order chi connectivity index (χ0) is 15.9. The minimum Gasteiger partial charge on any atom is -0.484 e. The van der Waals surface area contributed by atoms with Gasteiger partial charge >= 0.3 is 0 Å². The Morgan fingerprint density at radius 2 is 2.05 bits per heavy atom. The van der Waals surface area contributed by atoms with Crippen LogP contribution in [0.5, 0.6) is 5.75 Å². The highest BCUT2D eigenvalue weighted by Gasteiger charge is 2.05. The van der Waals surface area contributed by atoms with E-state index in [9.17, 15) is 4.79 Å². The minimum atomic E-state index is -0.220. The third kappa shape index (κ3) is 4.76. The van der Waals surface area contributed by atoms with Crippen molar-refractivity contribution in [3.8, 4) is 5.75 Å². The van der Waals surface area contributed by atoms with Crippen molar-refractivity contribution in [1.29, 1.82) is 0 Å². The number of methoxy groups -OCH3 is 1. The van der Waals surface area contributed by atoms with E-state index in [-0.39, 0.29) is 12.5 Å². The summed E-state index contributed by atoms with van der Waals surface area (Å²) in [6, 6.07) is 12.8. The van der Waals surface area contributed by atoms with Crippen LogP contribution in [-0.4, -0.2) is 19.6 Å².